The van der Waals surface area contributed by atoms with Gasteiger partial charge in [0.15, 0.2) is 0 Å². The fourth-order valence-electron chi connectivity index (χ4n) is 3.31. The molecular formula is C22H15FN8. The Morgan fingerprint density at radius 3 is 2.61 bits per heavy atom. The number of nitrogens with one attached hydrogen (secondary N) is 1. The highest BCUT2D eigenvalue weighted by molar-refractivity contribution is 5.92. The van der Waals surface area contributed by atoms with Crippen molar-refractivity contribution in [1.82, 2.24) is 19.9 Å². The summed E-state index contributed by atoms with van der Waals surface area (Å²) in [4.78, 5) is 16.9. The summed E-state index contributed by atoms with van der Waals surface area (Å²) in [6.07, 6.45) is 3.29. The maximum absolute atomic E-state index is 13.9. The normalized spacial score (nSPS) is 10.4. The fourth-order valence-corrected chi connectivity index (χ4v) is 3.31. The van der Waals surface area contributed by atoms with Gasteiger partial charge in [0.25, 0.3) is 0 Å². The second-order valence-corrected chi connectivity index (χ2v) is 6.57. The number of fused-ring (bicyclic) bond motifs is 1. The second-order valence-electron chi connectivity index (χ2n) is 6.57. The number of aromatic nitrogens is 4. The molecule has 4 aromatic rings. The van der Waals surface area contributed by atoms with Gasteiger partial charge in [-0.3, -0.25) is 9.97 Å². The second kappa shape index (κ2) is 8.39. The smallest absolute Gasteiger partial charge is 0.149 e. The summed E-state index contributed by atoms with van der Waals surface area (Å²) in [5.41, 5.74) is 8.43. The van der Waals surface area contributed by atoms with Crippen molar-refractivity contribution in [3.05, 3.63) is 71.6 Å². The van der Waals surface area contributed by atoms with Crippen LogP contribution < -0.4 is 11.1 Å². The largest absolute Gasteiger partial charge is 0.382 e. The number of hydrogen-bond acceptors (Lipinski definition) is 8. The van der Waals surface area contributed by atoms with Gasteiger partial charge in [0.1, 0.15) is 41.5 Å². The van der Waals surface area contributed by atoms with Crippen molar-refractivity contribution in [3.8, 4) is 23.4 Å². The number of rotatable bonds is 5. The van der Waals surface area contributed by atoms with Crippen LogP contribution in [0.3, 0.4) is 0 Å². The summed E-state index contributed by atoms with van der Waals surface area (Å²) in [6, 6.07) is 13.7. The van der Waals surface area contributed by atoms with E-state index in [0.717, 1.165) is 0 Å². The van der Waals surface area contributed by atoms with Crippen LogP contribution in [0.5, 0.6) is 0 Å². The third-order valence-electron chi connectivity index (χ3n) is 4.70. The molecule has 0 spiro atoms. The van der Waals surface area contributed by atoms with Crippen LogP contribution in [-0.2, 0) is 6.42 Å². The number of nitrogens with two attached hydrogens (primary N) is 1. The number of nitriles is 2. The molecule has 9 heteroatoms. The number of hydrogen-bond donors (Lipinski definition) is 2. The third kappa shape index (κ3) is 3.80. The van der Waals surface area contributed by atoms with E-state index in [1.54, 1.807) is 24.4 Å². The molecule has 31 heavy (non-hydrogen) atoms. The molecule has 3 heterocycles. The zero-order valence-corrected chi connectivity index (χ0v) is 16.2. The van der Waals surface area contributed by atoms with E-state index in [0.29, 0.717) is 52.2 Å². The summed E-state index contributed by atoms with van der Waals surface area (Å²) in [7, 11) is 0. The first kappa shape index (κ1) is 19.7. The predicted molar refractivity (Wildman–Crippen MR) is 113 cm³/mol. The maximum atomic E-state index is 13.9. The monoisotopic (exact) mass is 410 g/mol. The fraction of sp³-hybridized carbons (Fsp3) is 0.0909. The van der Waals surface area contributed by atoms with E-state index in [9.17, 15) is 14.9 Å². The molecule has 0 atom stereocenters. The first-order chi connectivity index (χ1) is 15.1. The highest BCUT2D eigenvalue weighted by Crippen LogP contribution is 2.31. The Balaban J connectivity index is 1.77. The number of benzene rings is 1. The molecule has 0 bridgehead atoms. The molecule has 0 fully saturated rings. The molecule has 150 valence electrons. The number of halogens is 1. The Hall–Kier alpha value is -4.63. The van der Waals surface area contributed by atoms with Crippen LogP contribution in [0.2, 0.25) is 0 Å². The van der Waals surface area contributed by atoms with Gasteiger partial charge in [-0.2, -0.15) is 10.5 Å². The number of pyridine rings is 2. The summed E-state index contributed by atoms with van der Waals surface area (Å²) in [6.45, 7) is 0.357. The molecule has 3 aromatic heterocycles. The molecule has 0 unspecified atom stereocenters. The van der Waals surface area contributed by atoms with Gasteiger partial charge in [-0.1, -0.05) is 6.07 Å². The average Bonchev–Trinajstić information content (AvgIpc) is 2.79. The molecule has 0 amide bonds. The Kier molecular flexibility index (Phi) is 5.33. The summed E-state index contributed by atoms with van der Waals surface area (Å²) in [5.74, 6) is -0.0397. The molecule has 3 N–H and O–H groups in total. The van der Waals surface area contributed by atoms with Crippen molar-refractivity contribution in [1.29, 1.82) is 10.5 Å². The molecule has 0 saturated heterocycles. The van der Waals surface area contributed by atoms with Gasteiger partial charge >= 0.3 is 0 Å². The lowest BCUT2D eigenvalue weighted by molar-refractivity contribution is 0.629. The molecule has 0 aliphatic rings. The number of anilines is 2. The van der Waals surface area contributed by atoms with Crippen molar-refractivity contribution in [3.63, 3.8) is 0 Å². The van der Waals surface area contributed by atoms with Crippen LogP contribution in [0.4, 0.5) is 16.0 Å². The van der Waals surface area contributed by atoms with E-state index < -0.39 is 5.82 Å². The lowest BCUT2D eigenvalue weighted by Gasteiger charge is -2.14. The Morgan fingerprint density at radius 2 is 1.87 bits per heavy atom. The van der Waals surface area contributed by atoms with Crippen molar-refractivity contribution in [2.45, 2.75) is 6.42 Å². The zero-order valence-electron chi connectivity index (χ0n) is 16.2. The van der Waals surface area contributed by atoms with Gasteiger partial charge in [0.05, 0.1) is 22.5 Å². The topological polar surface area (TPSA) is 137 Å². The SMILES string of the molecule is N#Cc1c(N)ncnc1NCCc1nc2ccc(F)cc2c(C#N)c1-c1ccccn1. The summed E-state index contributed by atoms with van der Waals surface area (Å²) in [5, 5.41) is 22.7. The van der Waals surface area contributed by atoms with Crippen molar-refractivity contribution in [2.24, 2.45) is 0 Å². The van der Waals surface area contributed by atoms with Gasteiger partial charge in [-0.05, 0) is 30.3 Å². The summed E-state index contributed by atoms with van der Waals surface area (Å²) < 4.78 is 13.9. The predicted octanol–water partition coefficient (Wildman–Crippen LogP) is 3.21. The highest BCUT2D eigenvalue weighted by Gasteiger charge is 2.18. The zero-order chi connectivity index (χ0) is 21.8. The minimum Gasteiger partial charge on any atom is -0.382 e. The highest BCUT2D eigenvalue weighted by atomic mass is 19.1. The average molecular weight is 410 g/mol. The molecule has 0 aliphatic heterocycles. The van der Waals surface area contributed by atoms with Gasteiger partial charge in [-0.15, -0.1) is 0 Å². The molecule has 4 rings (SSSR count). The molecule has 0 aliphatic carbocycles. The van der Waals surface area contributed by atoms with Crippen molar-refractivity contribution < 1.29 is 4.39 Å². The third-order valence-corrected chi connectivity index (χ3v) is 4.70. The van der Waals surface area contributed by atoms with Crippen molar-refractivity contribution >= 4 is 22.5 Å². The molecule has 1 aromatic carbocycles. The van der Waals surface area contributed by atoms with Crippen LogP contribution in [-0.4, -0.2) is 26.5 Å². The number of nitrogens with zero attached hydrogens (tertiary/aromatic N) is 6. The van der Waals surface area contributed by atoms with Gasteiger partial charge < -0.3 is 11.1 Å². The Bertz CT molecular complexity index is 1360. The van der Waals surface area contributed by atoms with E-state index in [1.165, 1.54) is 18.5 Å². The minimum absolute atomic E-state index is 0.0896. The van der Waals surface area contributed by atoms with Crippen LogP contribution in [0.25, 0.3) is 22.2 Å². The van der Waals surface area contributed by atoms with E-state index in [4.69, 9.17) is 5.73 Å². The molecule has 0 saturated carbocycles. The first-order valence-electron chi connectivity index (χ1n) is 9.30. The molecule has 8 nitrogen and oxygen atoms in total. The van der Waals surface area contributed by atoms with Crippen LogP contribution >= 0.6 is 0 Å². The Morgan fingerprint density at radius 1 is 1.03 bits per heavy atom. The maximum Gasteiger partial charge on any atom is 0.149 e. The summed E-state index contributed by atoms with van der Waals surface area (Å²) >= 11 is 0. The van der Waals surface area contributed by atoms with E-state index >= 15 is 0 Å². The van der Waals surface area contributed by atoms with E-state index in [2.05, 4.69) is 31.3 Å². The van der Waals surface area contributed by atoms with Crippen molar-refractivity contribution in [2.75, 3.05) is 17.6 Å². The number of nitrogen functional groups attached to an aromatic ring is 1. The van der Waals surface area contributed by atoms with Crippen LogP contribution in [0, 0.1) is 28.5 Å². The van der Waals surface area contributed by atoms with Gasteiger partial charge in [0.2, 0.25) is 0 Å². The van der Waals surface area contributed by atoms with Gasteiger partial charge in [0, 0.05) is 30.1 Å². The Labute approximate surface area is 176 Å². The lowest BCUT2D eigenvalue weighted by atomic mass is 9.96. The van der Waals surface area contributed by atoms with Gasteiger partial charge in [-0.25, -0.2) is 14.4 Å². The van der Waals surface area contributed by atoms with Crippen LogP contribution in [0.15, 0.2) is 48.9 Å². The minimum atomic E-state index is -0.447. The quantitative estimate of drug-likeness (QED) is 0.512. The van der Waals surface area contributed by atoms with Crippen LogP contribution in [0.1, 0.15) is 16.8 Å². The van der Waals surface area contributed by atoms with E-state index in [-0.39, 0.29) is 11.4 Å². The standard InChI is InChI=1S/C22H15FN8/c23-13-4-5-17-14(9-13)15(10-24)20(18-3-1-2-7-27-18)19(31-17)6-8-28-22-16(11-25)21(26)29-12-30-22/h1-5,7,9,12H,6,8H2,(H3,26,28,29,30). The van der Waals surface area contributed by atoms with E-state index in [1.807, 2.05) is 12.1 Å². The first-order valence-corrected chi connectivity index (χ1v) is 9.30. The molecule has 0 radical (unpaired) electrons. The lowest BCUT2D eigenvalue weighted by Crippen LogP contribution is -2.12. The molecular weight excluding hydrogens is 395 g/mol.